The van der Waals surface area contributed by atoms with Gasteiger partial charge in [0.1, 0.15) is 16.7 Å². The highest BCUT2D eigenvalue weighted by Gasteiger charge is 2.17. The first-order valence-corrected chi connectivity index (χ1v) is 5.77. The van der Waals surface area contributed by atoms with Gasteiger partial charge in [0.2, 0.25) is 0 Å². The smallest absolute Gasteiger partial charge is 0.133 e. The standard InChI is InChI=1S/C10H14BrN3/c1-8-3-2-4-14(6-8)10-5-9(11)12-7-13-10/h5,7-8H,2-4,6H2,1H3. The van der Waals surface area contributed by atoms with Crippen molar-refractivity contribution in [3.63, 3.8) is 0 Å². The number of hydrogen-bond donors (Lipinski definition) is 0. The van der Waals surface area contributed by atoms with Crippen LogP contribution in [0.25, 0.3) is 0 Å². The minimum atomic E-state index is 0.775. The maximum Gasteiger partial charge on any atom is 0.133 e. The lowest BCUT2D eigenvalue weighted by atomic mass is 10.0. The van der Waals surface area contributed by atoms with Crippen LogP contribution < -0.4 is 4.90 Å². The van der Waals surface area contributed by atoms with Crippen molar-refractivity contribution in [3.05, 3.63) is 17.0 Å². The van der Waals surface area contributed by atoms with E-state index in [2.05, 4.69) is 37.7 Å². The predicted octanol–water partition coefficient (Wildman–Crippen LogP) is 2.48. The minimum Gasteiger partial charge on any atom is -0.356 e. The number of anilines is 1. The molecule has 0 bridgehead atoms. The zero-order valence-electron chi connectivity index (χ0n) is 8.28. The van der Waals surface area contributed by atoms with Crippen molar-refractivity contribution in [2.45, 2.75) is 19.8 Å². The summed E-state index contributed by atoms with van der Waals surface area (Å²) in [5.74, 6) is 1.82. The van der Waals surface area contributed by atoms with E-state index in [-0.39, 0.29) is 0 Å². The molecule has 1 saturated heterocycles. The van der Waals surface area contributed by atoms with Gasteiger partial charge >= 0.3 is 0 Å². The summed E-state index contributed by atoms with van der Waals surface area (Å²) in [6.07, 6.45) is 4.21. The minimum absolute atomic E-state index is 0.775. The molecule has 2 rings (SSSR count). The quantitative estimate of drug-likeness (QED) is 0.723. The molecule has 1 atom stereocenters. The predicted molar refractivity (Wildman–Crippen MR) is 60.3 cm³/mol. The molecule has 4 heteroatoms. The molecule has 3 nitrogen and oxygen atoms in total. The fourth-order valence-corrected chi connectivity index (χ4v) is 2.19. The van der Waals surface area contributed by atoms with Gasteiger partial charge in [0.25, 0.3) is 0 Å². The molecule has 1 fully saturated rings. The van der Waals surface area contributed by atoms with Crippen molar-refractivity contribution in [1.82, 2.24) is 9.97 Å². The lowest BCUT2D eigenvalue weighted by Gasteiger charge is -2.31. The van der Waals surface area contributed by atoms with E-state index in [1.54, 1.807) is 6.33 Å². The Bertz CT molecular complexity index is 316. The molecule has 0 aromatic carbocycles. The first-order chi connectivity index (χ1) is 6.75. The van der Waals surface area contributed by atoms with Crippen molar-refractivity contribution in [1.29, 1.82) is 0 Å². The summed E-state index contributed by atoms with van der Waals surface area (Å²) in [4.78, 5) is 10.6. The van der Waals surface area contributed by atoms with Gasteiger partial charge in [0, 0.05) is 19.2 Å². The van der Waals surface area contributed by atoms with Crippen molar-refractivity contribution < 1.29 is 0 Å². The highest BCUT2D eigenvalue weighted by molar-refractivity contribution is 9.10. The highest BCUT2D eigenvalue weighted by Crippen LogP contribution is 2.22. The molecule has 1 aliphatic heterocycles. The molecule has 14 heavy (non-hydrogen) atoms. The zero-order chi connectivity index (χ0) is 9.97. The molecule has 0 aliphatic carbocycles. The number of halogens is 1. The molecule has 0 spiro atoms. The lowest BCUT2D eigenvalue weighted by molar-refractivity contribution is 0.444. The second kappa shape index (κ2) is 4.26. The molecule has 0 radical (unpaired) electrons. The summed E-state index contributed by atoms with van der Waals surface area (Å²) in [6, 6.07) is 1.98. The van der Waals surface area contributed by atoms with Gasteiger partial charge in [-0.1, -0.05) is 6.92 Å². The summed E-state index contributed by atoms with van der Waals surface area (Å²) in [7, 11) is 0. The summed E-state index contributed by atoms with van der Waals surface area (Å²) in [6.45, 7) is 4.53. The van der Waals surface area contributed by atoms with Crippen molar-refractivity contribution in [2.75, 3.05) is 18.0 Å². The second-order valence-electron chi connectivity index (χ2n) is 3.89. The van der Waals surface area contributed by atoms with E-state index in [9.17, 15) is 0 Å². The molecule has 0 N–H and O–H groups in total. The Hall–Kier alpha value is -0.640. The van der Waals surface area contributed by atoms with Crippen molar-refractivity contribution >= 4 is 21.7 Å². The number of hydrogen-bond acceptors (Lipinski definition) is 3. The maximum atomic E-state index is 4.28. The third-order valence-electron chi connectivity index (χ3n) is 2.60. The molecule has 1 aromatic heterocycles. The maximum absolute atomic E-state index is 4.28. The van der Waals surface area contributed by atoms with Crippen molar-refractivity contribution in [2.24, 2.45) is 5.92 Å². The largest absolute Gasteiger partial charge is 0.356 e. The molecule has 76 valence electrons. The van der Waals surface area contributed by atoms with Crippen LogP contribution in [0.2, 0.25) is 0 Å². The summed E-state index contributed by atoms with van der Waals surface area (Å²) in [5, 5.41) is 0. The number of aromatic nitrogens is 2. The molecule has 1 unspecified atom stereocenters. The van der Waals surface area contributed by atoms with Gasteiger partial charge in [0.15, 0.2) is 0 Å². The second-order valence-corrected chi connectivity index (χ2v) is 4.70. The molecular weight excluding hydrogens is 242 g/mol. The Balaban J connectivity index is 2.14. The van der Waals surface area contributed by atoms with Crippen LogP contribution in [-0.2, 0) is 0 Å². The van der Waals surface area contributed by atoms with Crippen LogP contribution in [0.5, 0.6) is 0 Å². The van der Waals surface area contributed by atoms with Crippen LogP contribution in [0.15, 0.2) is 17.0 Å². The fourth-order valence-electron chi connectivity index (χ4n) is 1.89. The van der Waals surface area contributed by atoms with Gasteiger partial charge in [-0.15, -0.1) is 0 Å². The zero-order valence-corrected chi connectivity index (χ0v) is 9.87. The lowest BCUT2D eigenvalue weighted by Crippen LogP contribution is -2.34. The van der Waals surface area contributed by atoms with Crippen LogP contribution in [0, 0.1) is 5.92 Å². The Morgan fingerprint density at radius 3 is 3.07 bits per heavy atom. The SMILES string of the molecule is CC1CCCN(c2cc(Br)ncn2)C1. The van der Waals surface area contributed by atoms with E-state index in [1.807, 2.05) is 6.07 Å². The summed E-state index contributed by atoms with van der Waals surface area (Å²) >= 11 is 3.37. The van der Waals surface area contributed by atoms with Crippen LogP contribution >= 0.6 is 15.9 Å². The molecular formula is C10H14BrN3. The van der Waals surface area contributed by atoms with E-state index in [4.69, 9.17) is 0 Å². The van der Waals surface area contributed by atoms with Crippen LogP contribution in [0.1, 0.15) is 19.8 Å². The number of nitrogens with zero attached hydrogens (tertiary/aromatic N) is 3. The third kappa shape index (κ3) is 2.23. The van der Waals surface area contributed by atoms with Crippen molar-refractivity contribution in [3.8, 4) is 0 Å². The monoisotopic (exact) mass is 255 g/mol. The van der Waals surface area contributed by atoms with E-state index in [0.29, 0.717) is 0 Å². The molecule has 1 aliphatic rings. The van der Waals surface area contributed by atoms with Gasteiger partial charge in [-0.2, -0.15) is 0 Å². The Labute approximate surface area is 92.7 Å². The third-order valence-corrected chi connectivity index (χ3v) is 3.03. The van der Waals surface area contributed by atoms with E-state index >= 15 is 0 Å². The highest BCUT2D eigenvalue weighted by atomic mass is 79.9. The van der Waals surface area contributed by atoms with E-state index in [1.165, 1.54) is 12.8 Å². The Kier molecular flexibility index (Phi) is 3.01. The van der Waals surface area contributed by atoms with Crippen LogP contribution in [0.4, 0.5) is 5.82 Å². The van der Waals surface area contributed by atoms with Gasteiger partial charge in [-0.25, -0.2) is 9.97 Å². The number of piperidine rings is 1. The summed E-state index contributed by atoms with van der Waals surface area (Å²) in [5.41, 5.74) is 0. The Morgan fingerprint density at radius 1 is 1.50 bits per heavy atom. The molecule has 0 amide bonds. The van der Waals surface area contributed by atoms with Crippen LogP contribution in [0.3, 0.4) is 0 Å². The molecule has 1 aromatic rings. The van der Waals surface area contributed by atoms with E-state index < -0.39 is 0 Å². The first kappa shape index (κ1) is 9.90. The normalized spacial score (nSPS) is 22.4. The van der Waals surface area contributed by atoms with Gasteiger partial charge in [-0.05, 0) is 34.7 Å². The number of rotatable bonds is 1. The van der Waals surface area contributed by atoms with Crippen LogP contribution in [-0.4, -0.2) is 23.1 Å². The average Bonchev–Trinajstić information content (AvgIpc) is 2.18. The molecule has 0 saturated carbocycles. The van der Waals surface area contributed by atoms with Gasteiger partial charge < -0.3 is 4.90 Å². The first-order valence-electron chi connectivity index (χ1n) is 4.98. The topological polar surface area (TPSA) is 29.0 Å². The Morgan fingerprint density at radius 2 is 2.36 bits per heavy atom. The van der Waals surface area contributed by atoms with E-state index in [0.717, 1.165) is 29.4 Å². The van der Waals surface area contributed by atoms with Gasteiger partial charge in [0.05, 0.1) is 0 Å². The summed E-state index contributed by atoms with van der Waals surface area (Å²) < 4.78 is 0.862. The fraction of sp³-hybridized carbons (Fsp3) is 0.600. The van der Waals surface area contributed by atoms with Gasteiger partial charge in [-0.3, -0.25) is 0 Å². The molecule has 2 heterocycles. The average molecular weight is 256 g/mol.